The number of hydrogen-bond donors (Lipinski definition) is 1. The topological polar surface area (TPSA) is 44.5 Å². The summed E-state index contributed by atoms with van der Waals surface area (Å²) in [6, 6.07) is 0.175. The van der Waals surface area contributed by atoms with Crippen LogP contribution in [-0.2, 0) is 9.78 Å². The molecule has 1 fully saturated rings. The van der Waals surface area contributed by atoms with Crippen molar-refractivity contribution in [2.24, 2.45) is 5.73 Å². The first kappa shape index (κ1) is 7.98. The summed E-state index contributed by atoms with van der Waals surface area (Å²) in [5, 5.41) is 0. The molecule has 1 aliphatic carbocycles. The van der Waals surface area contributed by atoms with Gasteiger partial charge in [0.05, 0.1) is 7.11 Å². The minimum atomic E-state index is 0.124. The molecule has 1 aliphatic rings. The van der Waals surface area contributed by atoms with E-state index in [0.29, 0.717) is 0 Å². The number of nitrogens with two attached hydrogens (primary N) is 1. The minimum Gasteiger partial charge on any atom is -0.325 e. The van der Waals surface area contributed by atoms with Gasteiger partial charge in [-0.25, -0.2) is 9.78 Å². The van der Waals surface area contributed by atoms with E-state index in [0.717, 1.165) is 12.8 Å². The molecule has 1 saturated carbocycles. The molecule has 0 bridgehead atoms. The maximum absolute atomic E-state index is 5.76. The summed E-state index contributed by atoms with van der Waals surface area (Å²) in [4.78, 5) is 9.54. The summed E-state index contributed by atoms with van der Waals surface area (Å²) >= 11 is 0. The Morgan fingerprint density at radius 2 is 2.00 bits per heavy atom. The van der Waals surface area contributed by atoms with E-state index in [2.05, 4.69) is 4.89 Å². The van der Waals surface area contributed by atoms with E-state index >= 15 is 0 Å². The van der Waals surface area contributed by atoms with Crippen LogP contribution in [0.1, 0.15) is 25.7 Å². The molecule has 1 rings (SSSR count). The van der Waals surface area contributed by atoms with Crippen molar-refractivity contribution in [3.05, 3.63) is 0 Å². The van der Waals surface area contributed by atoms with Gasteiger partial charge in [-0.15, -0.1) is 0 Å². The zero-order valence-electron chi connectivity index (χ0n) is 6.38. The van der Waals surface area contributed by atoms with Crippen LogP contribution in [0.15, 0.2) is 0 Å². The van der Waals surface area contributed by atoms with E-state index in [1.54, 1.807) is 0 Å². The number of hydrogen-bond acceptors (Lipinski definition) is 3. The van der Waals surface area contributed by atoms with Crippen LogP contribution in [-0.4, -0.2) is 19.3 Å². The monoisotopic (exact) mass is 145 g/mol. The fraction of sp³-hybridized carbons (Fsp3) is 1.00. The van der Waals surface area contributed by atoms with E-state index in [1.807, 2.05) is 0 Å². The second-order valence-corrected chi connectivity index (χ2v) is 2.75. The van der Waals surface area contributed by atoms with Crippen LogP contribution in [0, 0.1) is 0 Å². The summed E-state index contributed by atoms with van der Waals surface area (Å²) in [6.45, 7) is 0. The smallest absolute Gasteiger partial charge is 0.108 e. The lowest BCUT2D eigenvalue weighted by Crippen LogP contribution is -2.39. The number of rotatable bonds is 2. The molecule has 0 aromatic heterocycles. The maximum atomic E-state index is 5.76. The van der Waals surface area contributed by atoms with Crippen LogP contribution in [0.4, 0.5) is 0 Å². The van der Waals surface area contributed by atoms with Gasteiger partial charge in [0.1, 0.15) is 6.10 Å². The first-order valence-electron chi connectivity index (χ1n) is 3.79. The molecule has 60 valence electrons. The third-order valence-electron chi connectivity index (χ3n) is 1.97. The summed E-state index contributed by atoms with van der Waals surface area (Å²) in [5.74, 6) is 0. The van der Waals surface area contributed by atoms with Gasteiger partial charge >= 0.3 is 0 Å². The molecule has 0 amide bonds. The Balaban J connectivity index is 2.25. The highest BCUT2D eigenvalue weighted by atomic mass is 17.2. The van der Waals surface area contributed by atoms with Gasteiger partial charge in [0.15, 0.2) is 0 Å². The average Bonchev–Trinajstić information content (AvgIpc) is 1.94. The summed E-state index contributed by atoms with van der Waals surface area (Å²) < 4.78 is 0. The maximum Gasteiger partial charge on any atom is 0.108 e. The lowest BCUT2D eigenvalue weighted by atomic mass is 9.93. The molecule has 10 heavy (non-hydrogen) atoms. The standard InChI is InChI=1S/C7H15NO2/c1-9-10-7-5-3-2-4-6(7)8/h6-7H,2-5,8H2,1H3/t6-,7+/m0/s1. The van der Waals surface area contributed by atoms with Crippen molar-refractivity contribution in [2.75, 3.05) is 7.11 Å². The average molecular weight is 145 g/mol. The predicted octanol–water partition coefficient (Wildman–Crippen LogP) is 0.834. The van der Waals surface area contributed by atoms with Gasteiger partial charge in [-0.1, -0.05) is 12.8 Å². The SMILES string of the molecule is COO[C@@H]1CCCC[C@@H]1N. The molecule has 0 heterocycles. The highest BCUT2D eigenvalue weighted by Gasteiger charge is 2.22. The Labute approximate surface area is 61.4 Å². The van der Waals surface area contributed by atoms with Crippen LogP contribution in [0.2, 0.25) is 0 Å². The van der Waals surface area contributed by atoms with Gasteiger partial charge in [0.25, 0.3) is 0 Å². The summed E-state index contributed by atoms with van der Waals surface area (Å²) in [7, 11) is 1.53. The molecule has 0 aliphatic heterocycles. The lowest BCUT2D eigenvalue weighted by molar-refractivity contribution is -0.312. The van der Waals surface area contributed by atoms with Crippen molar-refractivity contribution in [1.82, 2.24) is 0 Å². The Morgan fingerprint density at radius 3 is 2.60 bits per heavy atom. The highest BCUT2D eigenvalue weighted by molar-refractivity contribution is 4.77. The van der Waals surface area contributed by atoms with E-state index in [9.17, 15) is 0 Å². The third-order valence-corrected chi connectivity index (χ3v) is 1.97. The largest absolute Gasteiger partial charge is 0.325 e. The van der Waals surface area contributed by atoms with Crippen molar-refractivity contribution in [3.8, 4) is 0 Å². The van der Waals surface area contributed by atoms with E-state index in [1.165, 1.54) is 20.0 Å². The molecule has 0 unspecified atom stereocenters. The Morgan fingerprint density at radius 1 is 1.30 bits per heavy atom. The van der Waals surface area contributed by atoms with Crippen LogP contribution < -0.4 is 5.73 Å². The van der Waals surface area contributed by atoms with Crippen LogP contribution in [0.25, 0.3) is 0 Å². The van der Waals surface area contributed by atoms with Crippen molar-refractivity contribution in [1.29, 1.82) is 0 Å². The summed E-state index contributed by atoms with van der Waals surface area (Å²) in [6.07, 6.45) is 4.66. The van der Waals surface area contributed by atoms with Crippen molar-refractivity contribution >= 4 is 0 Å². The van der Waals surface area contributed by atoms with Gasteiger partial charge in [-0.2, -0.15) is 0 Å². The normalized spacial score (nSPS) is 34.2. The molecule has 0 radical (unpaired) electrons. The first-order chi connectivity index (χ1) is 4.84. The highest BCUT2D eigenvalue weighted by Crippen LogP contribution is 2.19. The fourth-order valence-electron chi connectivity index (χ4n) is 1.37. The fourth-order valence-corrected chi connectivity index (χ4v) is 1.37. The Kier molecular flexibility index (Phi) is 3.12. The van der Waals surface area contributed by atoms with E-state index in [-0.39, 0.29) is 12.1 Å². The Hall–Kier alpha value is -0.120. The zero-order chi connectivity index (χ0) is 7.40. The molecular formula is C7H15NO2. The van der Waals surface area contributed by atoms with Crippen molar-refractivity contribution < 1.29 is 9.78 Å². The second kappa shape index (κ2) is 3.91. The van der Waals surface area contributed by atoms with Gasteiger partial charge in [-0.3, -0.25) is 0 Å². The van der Waals surface area contributed by atoms with E-state index < -0.39 is 0 Å². The Bertz CT molecular complexity index is 95.6. The minimum absolute atomic E-state index is 0.124. The van der Waals surface area contributed by atoms with Gasteiger partial charge in [0.2, 0.25) is 0 Å². The second-order valence-electron chi connectivity index (χ2n) is 2.75. The molecule has 0 spiro atoms. The van der Waals surface area contributed by atoms with Crippen molar-refractivity contribution in [3.63, 3.8) is 0 Å². The van der Waals surface area contributed by atoms with Crippen molar-refractivity contribution in [2.45, 2.75) is 37.8 Å². The first-order valence-corrected chi connectivity index (χ1v) is 3.79. The lowest BCUT2D eigenvalue weighted by Gasteiger charge is -2.26. The molecule has 2 atom stereocenters. The molecule has 0 saturated heterocycles. The van der Waals surface area contributed by atoms with Gasteiger partial charge in [0, 0.05) is 6.04 Å². The van der Waals surface area contributed by atoms with Crippen LogP contribution in [0.3, 0.4) is 0 Å². The van der Waals surface area contributed by atoms with Gasteiger partial charge < -0.3 is 5.73 Å². The molecule has 3 nitrogen and oxygen atoms in total. The molecule has 3 heteroatoms. The zero-order valence-corrected chi connectivity index (χ0v) is 6.38. The molecular weight excluding hydrogens is 130 g/mol. The molecule has 0 aromatic carbocycles. The van der Waals surface area contributed by atoms with Gasteiger partial charge in [-0.05, 0) is 12.8 Å². The van der Waals surface area contributed by atoms with Crippen LogP contribution >= 0.6 is 0 Å². The molecule has 0 aromatic rings. The summed E-state index contributed by atoms with van der Waals surface area (Å²) in [5.41, 5.74) is 5.76. The third kappa shape index (κ3) is 1.94. The quantitative estimate of drug-likeness (QED) is 0.462. The van der Waals surface area contributed by atoms with E-state index in [4.69, 9.17) is 10.6 Å². The van der Waals surface area contributed by atoms with Crippen LogP contribution in [0.5, 0.6) is 0 Å². The molecule has 2 N–H and O–H groups in total. The predicted molar refractivity (Wildman–Crippen MR) is 38.3 cm³/mol.